The third kappa shape index (κ3) is 2.72. The molecule has 0 aromatic carbocycles. The number of hydrogen-bond acceptors (Lipinski definition) is 5. The fourth-order valence-electron chi connectivity index (χ4n) is 1.45. The standard InChI is InChI=1S/C12H13N3O3/c1-12(17,10-3-2-6-18-10)8-13-11(16)9-4-5-14-15-7-9/h2-7,17H,8H2,1H3,(H,13,16). The van der Waals surface area contributed by atoms with Crippen molar-refractivity contribution in [3.05, 3.63) is 48.2 Å². The largest absolute Gasteiger partial charge is 0.466 e. The smallest absolute Gasteiger partial charge is 0.253 e. The first-order valence-electron chi connectivity index (χ1n) is 5.41. The molecule has 2 rings (SSSR count). The summed E-state index contributed by atoms with van der Waals surface area (Å²) >= 11 is 0. The lowest BCUT2D eigenvalue weighted by molar-refractivity contribution is 0.0330. The Labute approximate surface area is 104 Å². The highest BCUT2D eigenvalue weighted by molar-refractivity contribution is 5.93. The molecule has 2 heterocycles. The Balaban J connectivity index is 1.98. The van der Waals surface area contributed by atoms with Crippen LogP contribution < -0.4 is 5.32 Å². The topological polar surface area (TPSA) is 88.2 Å². The molecule has 1 atom stereocenters. The highest BCUT2D eigenvalue weighted by Crippen LogP contribution is 2.19. The number of carbonyl (C=O) groups is 1. The van der Waals surface area contributed by atoms with E-state index in [1.807, 2.05) is 0 Å². The van der Waals surface area contributed by atoms with Gasteiger partial charge in [0.25, 0.3) is 5.91 Å². The van der Waals surface area contributed by atoms with E-state index in [0.29, 0.717) is 11.3 Å². The third-order valence-corrected chi connectivity index (χ3v) is 2.49. The predicted octanol–water partition coefficient (Wildman–Crippen LogP) is 0.707. The van der Waals surface area contributed by atoms with Gasteiger partial charge in [-0.3, -0.25) is 4.79 Å². The number of carbonyl (C=O) groups excluding carboxylic acids is 1. The molecule has 1 unspecified atom stereocenters. The van der Waals surface area contributed by atoms with Crippen LogP contribution in [0.1, 0.15) is 23.0 Å². The molecule has 0 bridgehead atoms. The average Bonchev–Trinajstić information content (AvgIpc) is 2.92. The maximum atomic E-state index is 11.7. The Morgan fingerprint density at radius 3 is 2.94 bits per heavy atom. The number of rotatable bonds is 4. The lowest BCUT2D eigenvalue weighted by atomic mass is 10.0. The second-order valence-electron chi connectivity index (χ2n) is 4.06. The minimum atomic E-state index is -1.25. The van der Waals surface area contributed by atoms with Crippen LogP contribution in [0.4, 0.5) is 0 Å². The van der Waals surface area contributed by atoms with E-state index in [4.69, 9.17) is 4.42 Å². The Morgan fingerprint density at radius 2 is 2.33 bits per heavy atom. The van der Waals surface area contributed by atoms with Crippen molar-refractivity contribution in [3.8, 4) is 0 Å². The third-order valence-electron chi connectivity index (χ3n) is 2.49. The molecule has 2 aromatic rings. The number of nitrogens with one attached hydrogen (secondary N) is 1. The lowest BCUT2D eigenvalue weighted by Gasteiger charge is -2.21. The summed E-state index contributed by atoms with van der Waals surface area (Å²) < 4.78 is 5.11. The number of furan rings is 1. The van der Waals surface area contributed by atoms with Crippen LogP contribution in [0, 0.1) is 0 Å². The van der Waals surface area contributed by atoms with Gasteiger partial charge in [-0.25, -0.2) is 0 Å². The van der Waals surface area contributed by atoms with Gasteiger partial charge in [-0.1, -0.05) is 0 Å². The molecule has 18 heavy (non-hydrogen) atoms. The molecule has 0 spiro atoms. The zero-order chi connectivity index (χ0) is 13.0. The maximum absolute atomic E-state index is 11.7. The summed E-state index contributed by atoms with van der Waals surface area (Å²) in [5, 5.41) is 19.9. The van der Waals surface area contributed by atoms with Crippen LogP contribution >= 0.6 is 0 Å². The summed E-state index contributed by atoms with van der Waals surface area (Å²) in [5.74, 6) is 0.0763. The maximum Gasteiger partial charge on any atom is 0.253 e. The van der Waals surface area contributed by atoms with E-state index >= 15 is 0 Å². The van der Waals surface area contributed by atoms with Crippen molar-refractivity contribution in [1.29, 1.82) is 0 Å². The van der Waals surface area contributed by atoms with E-state index in [2.05, 4.69) is 15.5 Å². The van der Waals surface area contributed by atoms with Crippen LogP contribution in [0.25, 0.3) is 0 Å². The van der Waals surface area contributed by atoms with Crippen molar-refractivity contribution < 1.29 is 14.3 Å². The van der Waals surface area contributed by atoms with Crippen molar-refractivity contribution in [2.24, 2.45) is 0 Å². The molecule has 0 fully saturated rings. The molecule has 0 aliphatic carbocycles. The Hall–Kier alpha value is -2.21. The van der Waals surface area contributed by atoms with Crippen LogP contribution in [0.3, 0.4) is 0 Å². The van der Waals surface area contributed by atoms with Crippen LogP contribution in [-0.4, -0.2) is 27.8 Å². The zero-order valence-corrected chi connectivity index (χ0v) is 9.83. The molecule has 1 amide bonds. The Bertz CT molecular complexity index is 509. The van der Waals surface area contributed by atoms with Gasteiger partial charge in [0, 0.05) is 0 Å². The highest BCUT2D eigenvalue weighted by atomic mass is 16.4. The van der Waals surface area contributed by atoms with Crippen LogP contribution in [0.2, 0.25) is 0 Å². The van der Waals surface area contributed by atoms with Crippen molar-refractivity contribution in [3.63, 3.8) is 0 Å². The first-order chi connectivity index (χ1) is 8.59. The fraction of sp³-hybridized carbons (Fsp3) is 0.250. The van der Waals surface area contributed by atoms with E-state index in [1.165, 1.54) is 18.7 Å². The summed E-state index contributed by atoms with van der Waals surface area (Å²) in [6, 6.07) is 4.88. The van der Waals surface area contributed by atoms with Gasteiger partial charge in [0.2, 0.25) is 0 Å². The first-order valence-corrected chi connectivity index (χ1v) is 5.41. The van der Waals surface area contributed by atoms with Gasteiger partial charge in [0.05, 0.1) is 30.8 Å². The predicted molar refractivity (Wildman–Crippen MR) is 62.6 cm³/mol. The molecule has 2 aromatic heterocycles. The van der Waals surface area contributed by atoms with Crippen molar-refractivity contribution in [2.75, 3.05) is 6.54 Å². The van der Waals surface area contributed by atoms with E-state index in [-0.39, 0.29) is 12.5 Å². The number of aromatic nitrogens is 2. The normalized spacial score (nSPS) is 13.9. The number of amides is 1. The van der Waals surface area contributed by atoms with Crippen LogP contribution in [0.15, 0.2) is 41.3 Å². The van der Waals surface area contributed by atoms with Gasteiger partial charge in [-0.15, -0.1) is 0 Å². The number of aliphatic hydroxyl groups is 1. The van der Waals surface area contributed by atoms with Crippen molar-refractivity contribution >= 4 is 5.91 Å². The zero-order valence-electron chi connectivity index (χ0n) is 9.83. The molecular weight excluding hydrogens is 234 g/mol. The lowest BCUT2D eigenvalue weighted by Crippen LogP contribution is -2.38. The van der Waals surface area contributed by atoms with Gasteiger partial charge >= 0.3 is 0 Å². The quantitative estimate of drug-likeness (QED) is 0.830. The van der Waals surface area contributed by atoms with E-state index in [9.17, 15) is 9.90 Å². The number of hydrogen-bond donors (Lipinski definition) is 2. The first kappa shape index (κ1) is 12.3. The molecule has 0 radical (unpaired) electrons. The molecule has 0 aliphatic heterocycles. The second kappa shape index (κ2) is 4.97. The monoisotopic (exact) mass is 247 g/mol. The van der Waals surface area contributed by atoms with E-state index < -0.39 is 5.60 Å². The summed E-state index contributed by atoms with van der Waals surface area (Å²) in [7, 11) is 0. The molecule has 0 saturated carbocycles. The van der Waals surface area contributed by atoms with Gasteiger partial charge in [0.15, 0.2) is 0 Å². The Morgan fingerprint density at radius 1 is 1.50 bits per heavy atom. The molecule has 2 N–H and O–H groups in total. The van der Waals surface area contributed by atoms with E-state index in [0.717, 1.165) is 0 Å². The average molecular weight is 247 g/mol. The van der Waals surface area contributed by atoms with Crippen LogP contribution in [0.5, 0.6) is 0 Å². The van der Waals surface area contributed by atoms with Crippen LogP contribution in [-0.2, 0) is 5.60 Å². The molecule has 94 valence electrons. The summed E-state index contributed by atoms with van der Waals surface area (Å²) in [6.45, 7) is 1.61. The minimum Gasteiger partial charge on any atom is -0.466 e. The van der Waals surface area contributed by atoms with Gasteiger partial charge in [-0.2, -0.15) is 10.2 Å². The molecule has 6 nitrogen and oxygen atoms in total. The Kier molecular flexibility index (Phi) is 3.38. The van der Waals surface area contributed by atoms with Crippen molar-refractivity contribution in [1.82, 2.24) is 15.5 Å². The molecular formula is C12H13N3O3. The molecule has 6 heteroatoms. The summed E-state index contributed by atoms with van der Waals surface area (Å²) in [6.07, 6.45) is 4.26. The van der Waals surface area contributed by atoms with Gasteiger partial charge < -0.3 is 14.8 Å². The highest BCUT2D eigenvalue weighted by Gasteiger charge is 2.26. The number of nitrogens with zero attached hydrogens (tertiary/aromatic N) is 2. The second-order valence-corrected chi connectivity index (χ2v) is 4.06. The summed E-state index contributed by atoms with van der Waals surface area (Å²) in [4.78, 5) is 11.7. The summed E-state index contributed by atoms with van der Waals surface area (Å²) in [5.41, 5.74) is -0.861. The SMILES string of the molecule is CC(O)(CNC(=O)c1ccnnc1)c1ccco1. The van der Waals surface area contributed by atoms with Crippen molar-refractivity contribution in [2.45, 2.75) is 12.5 Å². The molecule has 0 saturated heterocycles. The fourth-order valence-corrected chi connectivity index (χ4v) is 1.45. The minimum absolute atomic E-state index is 0.0433. The van der Waals surface area contributed by atoms with Gasteiger partial charge in [-0.05, 0) is 25.1 Å². The molecule has 0 aliphatic rings. The van der Waals surface area contributed by atoms with Gasteiger partial charge in [0.1, 0.15) is 11.4 Å². The van der Waals surface area contributed by atoms with E-state index in [1.54, 1.807) is 25.1 Å².